The Morgan fingerprint density at radius 3 is 2.39 bits per heavy atom. The molecule has 1 N–H and O–H groups in total. The highest BCUT2D eigenvalue weighted by Gasteiger charge is 2.26. The Balaban J connectivity index is 1.34. The molecular formula is C23H28N2O3. The van der Waals surface area contributed by atoms with Crippen molar-refractivity contribution in [3.05, 3.63) is 65.7 Å². The van der Waals surface area contributed by atoms with Crippen LogP contribution in [0.2, 0.25) is 0 Å². The minimum Gasteiger partial charge on any atom is -0.492 e. The standard InChI is InChI=1S/C23H28N2O3/c1-18-7-9-19(10-8-18)23(27)20-11-14-25(15-12-20)17-22(26)24-13-16-28-21-5-3-2-4-6-21/h2-10,20H,11-17H2,1H3,(H,24,26). The SMILES string of the molecule is Cc1ccc(C(=O)C2CCN(CC(=O)NCCOc3ccccc3)CC2)cc1. The van der Waals surface area contributed by atoms with Crippen LogP contribution in [0.1, 0.15) is 28.8 Å². The molecule has 1 heterocycles. The predicted octanol–water partition coefficient (Wildman–Crippen LogP) is 3.08. The second-order valence-corrected chi connectivity index (χ2v) is 7.29. The Morgan fingerprint density at radius 1 is 1.04 bits per heavy atom. The molecule has 148 valence electrons. The third kappa shape index (κ3) is 5.92. The van der Waals surface area contributed by atoms with Gasteiger partial charge in [-0.15, -0.1) is 0 Å². The molecule has 1 saturated heterocycles. The quantitative estimate of drug-likeness (QED) is 0.565. The molecule has 28 heavy (non-hydrogen) atoms. The first kappa shape index (κ1) is 20.1. The highest BCUT2D eigenvalue weighted by atomic mass is 16.5. The van der Waals surface area contributed by atoms with Crippen molar-refractivity contribution in [3.63, 3.8) is 0 Å². The number of nitrogens with zero attached hydrogens (tertiary/aromatic N) is 1. The molecule has 0 aliphatic carbocycles. The Bertz CT molecular complexity index is 766. The van der Waals surface area contributed by atoms with Gasteiger partial charge in [0.1, 0.15) is 12.4 Å². The topological polar surface area (TPSA) is 58.6 Å². The number of piperidine rings is 1. The van der Waals surface area contributed by atoms with Crippen molar-refractivity contribution in [1.82, 2.24) is 10.2 Å². The fraction of sp³-hybridized carbons (Fsp3) is 0.391. The lowest BCUT2D eigenvalue weighted by molar-refractivity contribution is -0.122. The summed E-state index contributed by atoms with van der Waals surface area (Å²) in [7, 11) is 0. The molecule has 5 heteroatoms. The van der Waals surface area contributed by atoms with Crippen LogP contribution in [-0.2, 0) is 4.79 Å². The van der Waals surface area contributed by atoms with E-state index < -0.39 is 0 Å². The van der Waals surface area contributed by atoms with E-state index in [1.807, 2.05) is 61.5 Å². The number of likely N-dealkylation sites (tertiary alicyclic amines) is 1. The summed E-state index contributed by atoms with van der Waals surface area (Å²) >= 11 is 0. The second-order valence-electron chi connectivity index (χ2n) is 7.29. The number of aryl methyl sites for hydroxylation is 1. The van der Waals surface area contributed by atoms with Crippen LogP contribution in [0.4, 0.5) is 0 Å². The van der Waals surface area contributed by atoms with Gasteiger partial charge in [-0.2, -0.15) is 0 Å². The van der Waals surface area contributed by atoms with Crippen molar-refractivity contribution in [3.8, 4) is 5.75 Å². The van der Waals surface area contributed by atoms with Crippen molar-refractivity contribution in [2.45, 2.75) is 19.8 Å². The number of ether oxygens (including phenoxy) is 1. The van der Waals surface area contributed by atoms with E-state index in [1.54, 1.807) is 0 Å². The largest absolute Gasteiger partial charge is 0.492 e. The third-order valence-corrected chi connectivity index (χ3v) is 5.10. The van der Waals surface area contributed by atoms with Crippen molar-refractivity contribution in [1.29, 1.82) is 0 Å². The number of para-hydroxylation sites is 1. The van der Waals surface area contributed by atoms with Crippen LogP contribution >= 0.6 is 0 Å². The van der Waals surface area contributed by atoms with Crippen LogP contribution in [0.5, 0.6) is 5.75 Å². The third-order valence-electron chi connectivity index (χ3n) is 5.10. The Kier molecular flexibility index (Phi) is 7.20. The van der Waals surface area contributed by atoms with E-state index in [9.17, 15) is 9.59 Å². The lowest BCUT2D eigenvalue weighted by Crippen LogP contribution is -2.43. The van der Waals surface area contributed by atoms with E-state index in [0.717, 1.165) is 42.8 Å². The summed E-state index contributed by atoms with van der Waals surface area (Å²) in [5, 5.41) is 2.89. The lowest BCUT2D eigenvalue weighted by Gasteiger charge is -2.30. The van der Waals surface area contributed by atoms with Gasteiger partial charge in [0.25, 0.3) is 0 Å². The average Bonchev–Trinajstić information content (AvgIpc) is 2.73. The molecule has 0 unspecified atom stereocenters. The summed E-state index contributed by atoms with van der Waals surface area (Å²) in [6, 6.07) is 17.3. The molecule has 1 aliphatic heterocycles. The molecule has 5 nitrogen and oxygen atoms in total. The van der Waals surface area contributed by atoms with Gasteiger partial charge in [-0.1, -0.05) is 48.0 Å². The smallest absolute Gasteiger partial charge is 0.234 e. The van der Waals surface area contributed by atoms with E-state index in [2.05, 4.69) is 10.2 Å². The number of amides is 1. The zero-order chi connectivity index (χ0) is 19.8. The van der Waals surface area contributed by atoms with Crippen molar-refractivity contribution >= 4 is 11.7 Å². The molecule has 0 atom stereocenters. The van der Waals surface area contributed by atoms with E-state index >= 15 is 0 Å². The number of carbonyl (C=O) groups excluding carboxylic acids is 2. The fourth-order valence-electron chi connectivity index (χ4n) is 3.44. The predicted molar refractivity (Wildman–Crippen MR) is 110 cm³/mol. The molecule has 0 spiro atoms. The summed E-state index contributed by atoms with van der Waals surface area (Å²) in [6.07, 6.45) is 1.61. The number of hydrogen-bond acceptors (Lipinski definition) is 4. The highest BCUT2D eigenvalue weighted by Crippen LogP contribution is 2.22. The van der Waals surface area contributed by atoms with Crippen LogP contribution < -0.4 is 10.1 Å². The molecular weight excluding hydrogens is 352 g/mol. The zero-order valence-corrected chi connectivity index (χ0v) is 16.4. The average molecular weight is 380 g/mol. The Hall–Kier alpha value is -2.66. The monoisotopic (exact) mass is 380 g/mol. The molecule has 1 fully saturated rings. The van der Waals surface area contributed by atoms with Gasteiger partial charge in [-0.25, -0.2) is 0 Å². The van der Waals surface area contributed by atoms with Gasteiger partial charge in [0.05, 0.1) is 13.1 Å². The van der Waals surface area contributed by atoms with Crippen LogP contribution in [0.3, 0.4) is 0 Å². The first-order chi connectivity index (χ1) is 13.6. The van der Waals surface area contributed by atoms with E-state index in [4.69, 9.17) is 4.74 Å². The lowest BCUT2D eigenvalue weighted by atomic mass is 9.88. The number of carbonyl (C=O) groups is 2. The molecule has 1 amide bonds. The molecule has 0 radical (unpaired) electrons. The first-order valence-electron chi connectivity index (χ1n) is 9.89. The number of rotatable bonds is 8. The Labute approximate surface area is 166 Å². The van der Waals surface area contributed by atoms with Gasteiger partial charge >= 0.3 is 0 Å². The van der Waals surface area contributed by atoms with E-state index in [1.165, 1.54) is 0 Å². The van der Waals surface area contributed by atoms with E-state index in [-0.39, 0.29) is 17.6 Å². The molecule has 3 rings (SSSR count). The summed E-state index contributed by atoms with van der Waals surface area (Å²) in [6.45, 7) is 4.87. The maximum Gasteiger partial charge on any atom is 0.234 e. The van der Waals surface area contributed by atoms with Gasteiger partial charge in [0.2, 0.25) is 5.91 Å². The van der Waals surface area contributed by atoms with Crippen LogP contribution in [0, 0.1) is 12.8 Å². The van der Waals surface area contributed by atoms with Crippen LogP contribution in [0.25, 0.3) is 0 Å². The van der Waals surface area contributed by atoms with Gasteiger partial charge in [0, 0.05) is 11.5 Å². The van der Waals surface area contributed by atoms with Crippen molar-refractivity contribution in [2.24, 2.45) is 5.92 Å². The second kappa shape index (κ2) is 10.0. The summed E-state index contributed by atoms with van der Waals surface area (Å²) in [5.41, 5.74) is 1.95. The number of benzene rings is 2. The molecule has 0 saturated carbocycles. The maximum absolute atomic E-state index is 12.6. The van der Waals surface area contributed by atoms with Crippen molar-refractivity contribution < 1.29 is 14.3 Å². The first-order valence-corrected chi connectivity index (χ1v) is 9.89. The summed E-state index contributed by atoms with van der Waals surface area (Å²) < 4.78 is 5.57. The van der Waals surface area contributed by atoms with Gasteiger partial charge in [-0.3, -0.25) is 14.5 Å². The number of Topliss-reactive ketones (excluding diaryl/α,β-unsaturated/α-hetero) is 1. The normalized spacial score (nSPS) is 15.2. The zero-order valence-electron chi connectivity index (χ0n) is 16.4. The van der Waals surface area contributed by atoms with Gasteiger partial charge in [0.15, 0.2) is 5.78 Å². The van der Waals surface area contributed by atoms with Crippen molar-refractivity contribution in [2.75, 3.05) is 32.8 Å². The maximum atomic E-state index is 12.6. The molecule has 1 aliphatic rings. The number of ketones is 1. The van der Waals surface area contributed by atoms with E-state index in [0.29, 0.717) is 19.7 Å². The molecule has 0 bridgehead atoms. The Morgan fingerprint density at radius 2 is 1.71 bits per heavy atom. The summed E-state index contributed by atoms with van der Waals surface area (Å²) in [4.78, 5) is 26.9. The minimum atomic E-state index is -0.0000252. The molecule has 2 aromatic carbocycles. The molecule has 2 aromatic rings. The van der Waals surface area contributed by atoms with Gasteiger partial charge in [-0.05, 0) is 45.0 Å². The van der Waals surface area contributed by atoms with Crippen LogP contribution in [0.15, 0.2) is 54.6 Å². The number of nitrogens with one attached hydrogen (secondary N) is 1. The highest BCUT2D eigenvalue weighted by molar-refractivity contribution is 5.97. The molecule has 0 aromatic heterocycles. The van der Waals surface area contributed by atoms with Gasteiger partial charge < -0.3 is 10.1 Å². The van der Waals surface area contributed by atoms with Crippen LogP contribution in [-0.4, -0.2) is 49.4 Å². The summed E-state index contributed by atoms with van der Waals surface area (Å²) in [5.74, 6) is 1.08. The number of hydrogen-bond donors (Lipinski definition) is 1. The minimum absolute atomic E-state index is 0.0000252. The fourth-order valence-corrected chi connectivity index (χ4v) is 3.44.